The summed E-state index contributed by atoms with van der Waals surface area (Å²) in [6.45, 7) is 2.03. The van der Waals surface area contributed by atoms with Gasteiger partial charge in [-0.15, -0.1) is 0 Å². The zero-order valence-electron chi connectivity index (χ0n) is 9.81. The van der Waals surface area contributed by atoms with Crippen molar-refractivity contribution in [3.63, 3.8) is 0 Å². The van der Waals surface area contributed by atoms with E-state index in [9.17, 15) is 0 Å². The lowest BCUT2D eigenvalue weighted by molar-refractivity contribution is 0.181. The molecule has 1 heterocycles. The summed E-state index contributed by atoms with van der Waals surface area (Å²) in [5, 5.41) is 4.03. The topological polar surface area (TPSA) is 64.9 Å². The van der Waals surface area contributed by atoms with Crippen LogP contribution < -0.4 is 5.73 Å². The van der Waals surface area contributed by atoms with Crippen molar-refractivity contribution < 1.29 is 4.52 Å². The number of nitrogens with two attached hydrogens (primary N) is 1. The van der Waals surface area contributed by atoms with Crippen molar-refractivity contribution in [3.05, 3.63) is 35.7 Å². The minimum Gasteiger partial charge on any atom is -0.337 e. The van der Waals surface area contributed by atoms with Gasteiger partial charge in [-0.2, -0.15) is 4.98 Å². The fourth-order valence-corrected chi connectivity index (χ4v) is 2.13. The molecule has 0 saturated heterocycles. The molecule has 0 unspecified atom stereocenters. The van der Waals surface area contributed by atoms with Crippen LogP contribution in [0.5, 0.6) is 0 Å². The number of benzene rings is 1. The van der Waals surface area contributed by atoms with Gasteiger partial charge in [-0.05, 0) is 31.7 Å². The average Bonchev–Trinajstić information content (AvgIpc) is 2.76. The molecule has 17 heavy (non-hydrogen) atoms. The number of hydrogen-bond acceptors (Lipinski definition) is 4. The highest BCUT2D eigenvalue weighted by Crippen LogP contribution is 2.38. The van der Waals surface area contributed by atoms with Gasteiger partial charge in [-0.1, -0.05) is 29.4 Å². The number of rotatable bonds is 2. The highest BCUT2D eigenvalue weighted by molar-refractivity contribution is 5.59. The zero-order valence-corrected chi connectivity index (χ0v) is 9.81. The molecule has 0 aliphatic heterocycles. The monoisotopic (exact) mass is 229 g/mol. The third kappa shape index (κ3) is 1.65. The van der Waals surface area contributed by atoms with Crippen molar-refractivity contribution in [1.29, 1.82) is 0 Å². The fraction of sp³-hybridized carbons (Fsp3) is 0.385. The predicted molar refractivity (Wildman–Crippen MR) is 64.2 cm³/mol. The van der Waals surface area contributed by atoms with E-state index in [1.807, 2.05) is 31.2 Å². The first-order valence-electron chi connectivity index (χ1n) is 5.88. The van der Waals surface area contributed by atoms with Crippen LogP contribution in [0, 0.1) is 6.92 Å². The summed E-state index contributed by atoms with van der Waals surface area (Å²) in [6.07, 6.45) is 3.00. The van der Waals surface area contributed by atoms with Crippen molar-refractivity contribution in [2.24, 2.45) is 5.73 Å². The van der Waals surface area contributed by atoms with Crippen LogP contribution in [0.25, 0.3) is 11.4 Å². The van der Waals surface area contributed by atoms with Crippen LogP contribution in [0.1, 0.15) is 30.7 Å². The van der Waals surface area contributed by atoms with Crippen LogP contribution in [0.4, 0.5) is 0 Å². The average molecular weight is 229 g/mol. The second-order valence-electron chi connectivity index (χ2n) is 4.75. The van der Waals surface area contributed by atoms with Crippen molar-refractivity contribution in [2.75, 3.05) is 0 Å². The molecule has 0 spiro atoms. The summed E-state index contributed by atoms with van der Waals surface area (Å²) in [6, 6.07) is 8.00. The van der Waals surface area contributed by atoms with Gasteiger partial charge in [0.25, 0.3) is 0 Å². The van der Waals surface area contributed by atoms with E-state index >= 15 is 0 Å². The van der Waals surface area contributed by atoms with Crippen molar-refractivity contribution in [2.45, 2.75) is 31.7 Å². The summed E-state index contributed by atoms with van der Waals surface area (Å²) in [7, 11) is 0. The van der Waals surface area contributed by atoms with E-state index in [-0.39, 0.29) is 5.54 Å². The van der Waals surface area contributed by atoms with Gasteiger partial charge in [0.2, 0.25) is 11.7 Å². The molecule has 1 aromatic heterocycles. The molecule has 4 nitrogen and oxygen atoms in total. The van der Waals surface area contributed by atoms with Crippen molar-refractivity contribution in [3.8, 4) is 11.4 Å². The Kier molecular flexibility index (Phi) is 2.26. The van der Waals surface area contributed by atoms with Crippen molar-refractivity contribution >= 4 is 0 Å². The summed E-state index contributed by atoms with van der Waals surface area (Å²) in [5.74, 6) is 1.21. The predicted octanol–water partition coefficient (Wildman–Crippen LogP) is 2.38. The van der Waals surface area contributed by atoms with Gasteiger partial charge in [0.15, 0.2) is 0 Å². The Labute approximate surface area is 99.8 Å². The number of hydrogen-bond donors (Lipinski definition) is 1. The van der Waals surface area contributed by atoms with Crippen molar-refractivity contribution in [1.82, 2.24) is 10.1 Å². The van der Waals surface area contributed by atoms with E-state index in [2.05, 4.69) is 10.1 Å². The molecule has 2 aromatic rings. The lowest BCUT2D eigenvalue weighted by Gasteiger charge is -2.33. The van der Waals surface area contributed by atoms with Crippen LogP contribution in [-0.4, -0.2) is 10.1 Å². The smallest absolute Gasteiger partial charge is 0.247 e. The number of nitrogens with zero attached hydrogens (tertiary/aromatic N) is 2. The van der Waals surface area contributed by atoms with Gasteiger partial charge in [0.05, 0.1) is 5.54 Å². The molecule has 1 aliphatic rings. The normalized spacial score (nSPS) is 17.8. The molecule has 0 amide bonds. The Morgan fingerprint density at radius 3 is 2.71 bits per heavy atom. The van der Waals surface area contributed by atoms with E-state index in [4.69, 9.17) is 10.3 Å². The molecule has 0 bridgehead atoms. The third-order valence-electron chi connectivity index (χ3n) is 3.48. The molecule has 88 valence electrons. The summed E-state index contributed by atoms with van der Waals surface area (Å²) < 4.78 is 5.29. The molecule has 0 radical (unpaired) electrons. The minimum absolute atomic E-state index is 0.381. The van der Waals surface area contributed by atoms with E-state index in [0.717, 1.165) is 30.4 Å². The van der Waals surface area contributed by atoms with Crippen LogP contribution >= 0.6 is 0 Å². The van der Waals surface area contributed by atoms with Gasteiger partial charge in [0, 0.05) is 5.56 Å². The minimum atomic E-state index is -0.381. The maximum absolute atomic E-state index is 6.16. The van der Waals surface area contributed by atoms with Gasteiger partial charge < -0.3 is 10.3 Å². The molecule has 1 fully saturated rings. The lowest BCUT2D eigenvalue weighted by atomic mass is 9.78. The Morgan fingerprint density at radius 2 is 2.06 bits per heavy atom. The van der Waals surface area contributed by atoms with Gasteiger partial charge in [0.1, 0.15) is 0 Å². The highest BCUT2D eigenvalue weighted by Gasteiger charge is 2.39. The molecule has 3 rings (SSSR count). The Balaban J connectivity index is 1.98. The zero-order chi connectivity index (χ0) is 11.9. The first-order chi connectivity index (χ1) is 8.19. The quantitative estimate of drug-likeness (QED) is 0.858. The second-order valence-corrected chi connectivity index (χ2v) is 4.75. The Hall–Kier alpha value is -1.68. The van der Waals surface area contributed by atoms with Gasteiger partial charge >= 0.3 is 0 Å². The van der Waals surface area contributed by atoms with Gasteiger partial charge in [-0.3, -0.25) is 0 Å². The van der Waals surface area contributed by atoms with Crippen LogP contribution in [0.15, 0.2) is 28.8 Å². The van der Waals surface area contributed by atoms with Gasteiger partial charge in [-0.25, -0.2) is 0 Å². The Morgan fingerprint density at radius 1 is 1.29 bits per heavy atom. The molecular weight excluding hydrogens is 214 g/mol. The molecule has 1 aromatic carbocycles. The summed E-state index contributed by atoms with van der Waals surface area (Å²) in [4.78, 5) is 4.43. The van der Waals surface area contributed by atoms with Crippen LogP contribution in [0.3, 0.4) is 0 Å². The number of aryl methyl sites for hydroxylation is 1. The maximum Gasteiger partial charge on any atom is 0.247 e. The molecule has 0 atom stereocenters. The first kappa shape index (κ1) is 10.5. The molecule has 2 N–H and O–H groups in total. The third-order valence-corrected chi connectivity index (χ3v) is 3.48. The first-order valence-corrected chi connectivity index (χ1v) is 5.88. The fourth-order valence-electron chi connectivity index (χ4n) is 2.13. The SMILES string of the molecule is Cc1ccccc1-c1noc(C2(N)CCC2)n1. The number of aromatic nitrogens is 2. The van der Waals surface area contributed by atoms with E-state index in [1.54, 1.807) is 0 Å². The molecule has 1 saturated carbocycles. The summed E-state index contributed by atoms with van der Waals surface area (Å²) in [5.41, 5.74) is 7.92. The largest absolute Gasteiger partial charge is 0.337 e. The summed E-state index contributed by atoms with van der Waals surface area (Å²) >= 11 is 0. The lowest BCUT2D eigenvalue weighted by Crippen LogP contribution is -2.43. The Bertz CT molecular complexity index is 543. The highest BCUT2D eigenvalue weighted by atomic mass is 16.5. The van der Waals surface area contributed by atoms with E-state index in [1.165, 1.54) is 0 Å². The molecule has 1 aliphatic carbocycles. The second kappa shape index (κ2) is 3.67. The van der Waals surface area contributed by atoms with E-state index < -0.39 is 0 Å². The van der Waals surface area contributed by atoms with Crippen LogP contribution in [-0.2, 0) is 5.54 Å². The standard InChI is InChI=1S/C13H15N3O/c1-9-5-2-3-6-10(9)11-15-12(17-16-11)13(14)7-4-8-13/h2-3,5-6H,4,7-8,14H2,1H3. The van der Waals surface area contributed by atoms with Crippen LogP contribution in [0.2, 0.25) is 0 Å². The maximum atomic E-state index is 6.16. The molecular formula is C13H15N3O. The molecule has 4 heteroatoms. The van der Waals surface area contributed by atoms with E-state index in [0.29, 0.717) is 11.7 Å².